The van der Waals surface area contributed by atoms with Crippen molar-refractivity contribution in [3.8, 4) is 5.75 Å². The molecule has 0 aliphatic rings. The second-order valence-electron chi connectivity index (χ2n) is 5.78. The summed E-state index contributed by atoms with van der Waals surface area (Å²) in [4.78, 5) is 12.0. The van der Waals surface area contributed by atoms with Crippen LogP contribution in [0.2, 0.25) is 0 Å². The van der Waals surface area contributed by atoms with Crippen LogP contribution in [0.1, 0.15) is 40.5 Å². The highest BCUT2D eigenvalue weighted by Gasteiger charge is 2.24. The lowest BCUT2D eigenvalue weighted by Crippen LogP contribution is -2.48. The average Bonchev–Trinajstić information content (AvgIpc) is 2.41. The Morgan fingerprint density at radius 2 is 2.14 bits per heavy atom. The highest BCUT2D eigenvalue weighted by molar-refractivity contribution is 5.89. The zero-order chi connectivity index (χ0) is 16.8. The minimum atomic E-state index is -0.561. The minimum absolute atomic E-state index is 0.0276. The maximum atomic E-state index is 14.0. The number of carbonyl (C=O) groups is 1. The van der Waals surface area contributed by atoms with Gasteiger partial charge in [-0.25, -0.2) is 9.18 Å². The normalized spacial score (nSPS) is 13.6. The third-order valence-electron chi connectivity index (χ3n) is 3.42. The van der Waals surface area contributed by atoms with Crippen molar-refractivity contribution in [1.29, 1.82) is 0 Å². The number of aliphatic hydroxyl groups is 1. The highest BCUT2D eigenvalue weighted by Crippen LogP contribution is 2.22. The molecule has 0 spiro atoms. The number of rotatable bonds is 7. The lowest BCUT2D eigenvalue weighted by Gasteiger charge is -2.29. The Balaban J connectivity index is 2.72. The molecule has 1 atom stereocenters. The van der Waals surface area contributed by atoms with E-state index in [0.717, 1.165) is 0 Å². The van der Waals surface area contributed by atoms with E-state index in [1.54, 1.807) is 6.07 Å². The number of halogens is 1. The molecule has 2 amide bonds. The maximum absolute atomic E-state index is 14.0. The minimum Gasteiger partial charge on any atom is -0.491 e. The van der Waals surface area contributed by atoms with Crippen molar-refractivity contribution in [3.63, 3.8) is 0 Å². The monoisotopic (exact) mass is 312 g/mol. The van der Waals surface area contributed by atoms with E-state index >= 15 is 0 Å². The number of benzene rings is 1. The summed E-state index contributed by atoms with van der Waals surface area (Å²) >= 11 is 0. The summed E-state index contributed by atoms with van der Waals surface area (Å²) in [7, 11) is 0. The molecule has 5 nitrogen and oxygen atoms in total. The van der Waals surface area contributed by atoms with Crippen molar-refractivity contribution in [3.05, 3.63) is 24.0 Å². The van der Waals surface area contributed by atoms with E-state index in [0.29, 0.717) is 18.6 Å². The van der Waals surface area contributed by atoms with E-state index in [1.165, 1.54) is 12.1 Å². The molecule has 22 heavy (non-hydrogen) atoms. The van der Waals surface area contributed by atoms with Crippen molar-refractivity contribution in [1.82, 2.24) is 5.32 Å². The largest absolute Gasteiger partial charge is 0.491 e. The van der Waals surface area contributed by atoms with Crippen molar-refractivity contribution in [2.75, 3.05) is 11.9 Å². The summed E-state index contributed by atoms with van der Waals surface area (Å²) in [6, 6.07) is 3.80. The summed E-state index contributed by atoms with van der Waals surface area (Å²) in [5, 5.41) is 14.3. The molecule has 0 aliphatic carbocycles. The van der Waals surface area contributed by atoms with Crippen LogP contribution in [0.25, 0.3) is 0 Å². The standard InChI is InChI=1S/C16H25FN2O3/c1-5-16(4,8-9-20)19-15(21)18-14-7-6-12(10-13(14)17)22-11(2)3/h6-7,10-11,20H,5,8-9H2,1-4H3,(H2,18,19,21). The summed E-state index contributed by atoms with van der Waals surface area (Å²) < 4.78 is 19.4. The van der Waals surface area contributed by atoms with E-state index in [1.807, 2.05) is 27.7 Å². The van der Waals surface area contributed by atoms with E-state index in [9.17, 15) is 9.18 Å². The van der Waals surface area contributed by atoms with Crippen molar-refractivity contribution >= 4 is 11.7 Å². The van der Waals surface area contributed by atoms with E-state index in [2.05, 4.69) is 10.6 Å². The first-order valence-electron chi connectivity index (χ1n) is 7.46. The number of hydrogen-bond acceptors (Lipinski definition) is 3. The molecule has 0 bridgehead atoms. The molecule has 0 saturated carbocycles. The zero-order valence-corrected chi connectivity index (χ0v) is 13.6. The van der Waals surface area contributed by atoms with Crippen LogP contribution in [0, 0.1) is 5.82 Å². The van der Waals surface area contributed by atoms with Gasteiger partial charge < -0.3 is 20.5 Å². The molecule has 3 N–H and O–H groups in total. The fourth-order valence-corrected chi connectivity index (χ4v) is 1.94. The summed E-state index contributed by atoms with van der Waals surface area (Å²) in [6.07, 6.45) is 1.04. The lowest BCUT2D eigenvalue weighted by molar-refractivity contribution is 0.208. The number of amides is 2. The molecule has 1 aromatic rings. The second kappa shape index (κ2) is 7.98. The van der Waals surface area contributed by atoms with Gasteiger partial charge in [0.1, 0.15) is 11.6 Å². The van der Waals surface area contributed by atoms with Crippen LogP contribution in [0.4, 0.5) is 14.9 Å². The third kappa shape index (κ3) is 5.52. The topological polar surface area (TPSA) is 70.6 Å². The second-order valence-corrected chi connectivity index (χ2v) is 5.78. The number of nitrogens with one attached hydrogen (secondary N) is 2. The maximum Gasteiger partial charge on any atom is 0.319 e. The molecule has 6 heteroatoms. The molecule has 0 aliphatic heterocycles. The zero-order valence-electron chi connectivity index (χ0n) is 13.6. The van der Waals surface area contributed by atoms with E-state index < -0.39 is 17.4 Å². The number of hydrogen-bond donors (Lipinski definition) is 3. The van der Waals surface area contributed by atoms with Gasteiger partial charge in [0, 0.05) is 18.2 Å². The first-order chi connectivity index (χ1) is 10.3. The van der Waals surface area contributed by atoms with Gasteiger partial charge in [-0.15, -0.1) is 0 Å². The van der Waals surface area contributed by atoms with Gasteiger partial charge in [0.25, 0.3) is 0 Å². The van der Waals surface area contributed by atoms with Crippen LogP contribution in [-0.2, 0) is 0 Å². The molecule has 0 aromatic heterocycles. The Kier molecular flexibility index (Phi) is 6.61. The van der Waals surface area contributed by atoms with Crippen molar-refractivity contribution in [2.45, 2.75) is 52.2 Å². The van der Waals surface area contributed by atoms with Crippen LogP contribution in [0.3, 0.4) is 0 Å². The van der Waals surface area contributed by atoms with Crippen molar-refractivity contribution < 1.29 is 19.0 Å². The first kappa shape index (κ1) is 18.2. The molecule has 1 aromatic carbocycles. The van der Waals surface area contributed by atoms with Crippen LogP contribution in [0.5, 0.6) is 5.75 Å². The fraction of sp³-hybridized carbons (Fsp3) is 0.562. The van der Waals surface area contributed by atoms with Gasteiger partial charge in [-0.2, -0.15) is 0 Å². The quantitative estimate of drug-likeness (QED) is 0.723. The molecular weight excluding hydrogens is 287 g/mol. The van der Waals surface area contributed by atoms with Gasteiger partial charge in [0.2, 0.25) is 0 Å². The smallest absolute Gasteiger partial charge is 0.319 e. The summed E-state index contributed by atoms with van der Waals surface area (Å²) in [5.41, 5.74) is -0.452. The van der Waals surface area contributed by atoms with Gasteiger partial charge in [0.15, 0.2) is 0 Å². The van der Waals surface area contributed by atoms with Crippen LogP contribution < -0.4 is 15.4 Å². The predicted octanol–water partition coefficient (Wildman–Crippen LogP) is 3.29. The molecule has 0 saturated heterocycles. The Bertz CT molecular complexity index is 508. The molecule has 1 unspecified atom stereocenters. The van der Waals surface area contributed by atoms with Crippen LogP contribution in [-0.4, -0.2) is 29.4 Å². The van der Waals surface area contributed by atoms with E-state index in [4.69, 9.17) is 9.84 Å². The Morgan fingerprint density at radius 1 is 1.45 bits per heavy atom. The van der Waals surface area contributed by atoms with Gasteiger partial charge >= 0.3 is 6.03 Å². The Hall–Kier alpha value is -1.82. The highest BCUT2D eigenvalue weighted by atomic mass is 19.1. The Labute approximate surface area is 130 Å². The van der Waals surface area contributed by atoms with Crippen LogP contribution >= 0.6 is 0 Å². The molecule has 124 valence electrons. The summed E-state index contributed by atoms with van der Waals surface area (Å²) in [6.45, 7) is 7.42. The SMILES string of the molecule is CCC(C)(CCO)NC(=O)Nc1ccc(OC(C)C)cc1F. The first-order valence-corrected chi connectivity index (χ1v) is 7.46. The fourth-order valence-electron chi connectivity index (χ4n) is 1.94. The molecule has 1 rings (SSSR count). The van der Waals surface area contributed by atoms with E-state index in [-0.39, 0.29) is 18.4 Å². The number of aliphatic hydroxyl groups excluding tert-OH is 1. The Morgan fingerprint density at radius 3 is 2.64 bits per heavy atom. The average molecular weight is 312 g/mol. The molecule has 0 heterocycles. The number of anilines is 1. The number of ether oxygens (including phenoxy) is 1. The molecular formula is C16H25FN2O3. The van der Waals surface area contributed by atoms with Gasteiger partial charge in [0.05, 0.1) is 11.8 Å². The third-order valence-corrected chi connectivity index (χ3v) is 3.42. The van der Waals surface area contributed by atoms with Gasteiger partial charge in [-0.3, -0.25) is 0 Å². The number of carbonyl (C=O) groups excluding carboxylic acids is 1. The molecule has 0 fully saturated rings. The number of urea groups is 1. The predicted molar refractivity (Wildman–Crippen MR) is 84.7 cm³/mol. The van der Waals surface area contributed by atoms with Crippen molar-refractivity contribution in [2.24, 2.45) is 0 Å². The lowest BCUT2D eigenvalue weighted by atomic mass is 9.95. The van der Waals surface area contributed by atoms with Gasteiger partial charge in [-0.1, -0.05) is 6.92 Å². The summed E-state index contributed by atoms with van der Waals surface area (Å²) in [5.74, 6) is -0.147. The van der Waals surface area contributed by atoms with Gasteiger partial charge in [-0.05, 0) is 45.7 Å². The van der Waals surface area contributed by atoms with Crippen LogP contribution in [0.15, 0.2) is 18.2 Å². The molecule has 0 radical (unpaired) electrons.